The highest BCUT2D eigenvalue weighted by Crippen LogP contribution is 2.22. The summed E-state index contributed by atoms with van der Waals surface area (Å²) in [5.41, 5.74) is 7.95. The van der Waals surface area contributed by atoms with Crippen LogP contribution in [-0.2, 0) is 4.74 Å². The van der Waals surface area contributed by atoms with Gasteiger partial charge in [-0.15, -0.1) is 0 Å². The van der Waals surface area contributed by atoms with Crippen LogP contribution in [0.4, 0.5) is 5.69 Å². The monoisotopic (exact) mass is 326 g/mol. The smallest absolute Gasteiger partial charge is 0.251 e. The number of amides is 1. The molecule has 1 aliphatic heterocycles. The predicted molar refractivity (Wildman–Crippen MR) is 79.2 cm³/mol. The van der Waals surface area contributed by atoms with Crippen molar-refractivity contribution in [1.82, 2.24) is 5.32 Å². The lowest BCUT2D eigenvalue weighted by atomic mass is 10.0. The topological polar surface area (TPSA) is 64.4 Å². The Hall–Kier alpha value is -1.07. The van der Waals surface area contributed by atoms with Crippen molar-refractivity contribution in [3.8, 4) is 0 Å². The molecule has 4 nitrogen and oxygen atoms in total. The normalized spacial score (nSPS) is 18.5. The lowest BCUT2D eigenvalue weighted by Crippen LogP contribution is -2.27. The molecule has 1 saturated heterocycles. The molecule has 1 fully saturated rings. The number of nitrogens with one attached hydrogen (secondary N) is 1. The molecule has 1 unspecified atom stereocenters. The van der Waals surface area contributed by atoms with Crippen LogP contribution in [0, 0.1) is 12.8 Å². The van der Waals surface area contributed by atoms with Gasteiger partial charge in [0.2, 0.25) is 0 Å². The van der Waals surface area contributed by atoms with Crippen LogP contribution < -0.4 is 11.1 Å². The van der Waals surface area contributed by atoms with E-state index in [2.05, 4.69) is 21.2 Å². The number of halogens is 1. The third-order valence-corrected chi connectivity index (χ3v) is 3.98. The van der Waals surface area contributed by atoms with E-state index in [0.29, 0.717) is 23.7 Å². The molecule has 0 aliphatic carbocycles. The van der Waals surface area contributed by atoms with E-state index in [1.165, 1.54) is 0 Å². The van der Waals surface area contributed by atoms with Gasteiger partial charge in [-0.05, 0) is 43.4 Å². The highest BCUT2D eigenvalue weighted by molar-refractivity contribution is 9.10. The van der Waals surface area contributed by atoms with Crippen LogP contribution in [0.3, 0.4) is 0 Å². The Morgan fingerprint density at radius 2 is 2.37 bits per heavy atom. The maximum atomic E-state index is 12.1. The number of nitrogens with two attached hydrogens (primary N) is 1. The summed E-state index contributed by atoms with van der Waals surface area (Å²) >= 11 is 3.36. The van der Waals surface area contributed by atoms with Crippen LogP contribution in [0.1, 0.15) is 28.8 Å². The first-order chi connectivity index (χ1) is 9.08. The molecule has 1 amide bonds. The first-order valence-corrected chi connectivity index (χ1v) is 7.29. The van der Waals surface area contributed by atoms with E-state index in [9.17, 15) is 4.79 Å². The number of hydrogen-bond donors (Lipinski definition) is 2. The first kappa shape index (κ1) is 14.3. The molecule has 3 N–H and O–H groups in total. The second-order valence-electron chi connectivity index (χ2n) is 4.94. The van der Waals surface area contributed by atoms with Gasteiger partial charge in [-0.1, -0.05) is 15.9 Å². The molecular weight excluding hydrogens is 308 g/mol. The summed E-state index contributed by atoms with van der Waals surface area (Å²) in [5.74, 6) is 0.512. The highest BCUT2D eigenvalue weighted by Gasteiger charge is 2.16. The van der Waals surface area contributed by atoms with Crippen LogP contribution in [0.25, 0.3) is 0 Å². The van der Waals surface area contributed by atoms with Gasteiger partial charge in [0.05, 0.1) is 0 Å². The molecule has 5 heteroatoms. The Balaban J connectivity index is 1.92. The summed E-state index contributed by atoms with van der Waals surface area (Å²) in [6.07, 6.45) is 2.06. The standard InChI is InChI=1S/C14H19BrN2O2/c1-9-12(6-11(15)7-13(9)16)14(18)17-4-2-10-3-5-19-8-10/h6-7,10H,2-5,8,16H2,1H3,(H,17,18). The second kappa shape index (κ2) is 6.39. The van der Waals surface area contributed by atoms with Gasteiger partial charge < -0.3 is 15.8 Å². The molecule has 0 saturated carbocycles. The Bertz CT molecular complexity index is 471. The molecule has 1 aliphatic rings. The van der Waals surface area contributed by atoms with Crippen molar-refractivity contribution in [3.63, 3.8) is 0 Å². The zero-order valence-corrected chi connectivity index (χ0v) is 12.6. The van der Waals surface area contributed by atoms with Crippen molar-refractivity contribution in [2.24, 2.45) is 5.92 Å². The number of ether oxygens (including phenoxy) is 1. The molecule has 1 aromatic carbocycles. The van der Waals surface area contributed by atoms with Crippen LogP contribution in [0.15, 0.2) is 16.6 Å². The molecule has 2 rings (SSSR count). The predicted octanol–water partition coefficient (Wildman–Crippen LogP) is 2.50. The number of carbonyl (C=O) groups excluding carboxylic acids is 1. The average molecular weight is 327 g/mol. The van der Waals surface area contributed by atoms with Gasteiger partial charge in [0.1, 0.15) is 0 Å². The minimum atomic E-state index is -0.0654. The van der Waals surface area contributed by atoms with Gasteiger partial charge in [0.15, 0.2) is 0 Å². The van der Waals surface area contributed by atoms with Crippen LogP contribution in [0.5, 0.6) is 0 Å². The minimum absolute atomic E-state index is 0.0654. The van der Waals surface area contributed by atoms with Gasteiger partial charge in [-0.3, -0.25) is 4.79 Å². The van der Waals surface area contributed by atoms with Crippen molar-refractivity contribution in [3.05, 3.63) is 27.7 Å². The summed E-state index contributed by atoms with van der Waals surface area (Å²) in [6.45, 7) is 4.21. The maximum Gasteiger partial charge on any atom is 0.251 e. The molecule has 1 heterocycles. The molecule has 0 spiro atoms. The van der Waals surface area contributed by atoms with E-state index in [1.807, 2.05) is 13.0 Å². The Morgan fingerprint density at radius 1 is 1.58 bits per heavy atom. The fraction of sp³-hybridized carbons (Fsp3) is 0.500. The van der Waals surface area contributed by atoms with E-state index in [0.717, 1.165) is 36.1 Å². The van der Waals surface area contributed by atoms with Gasteiger partial charge in [0, 0.05) is 35.5 Å². The van der Waals surface area contributed by atoms with Crippen molar-refractivity contribution in [1.29, 1.82) is 0 Å². The molecule has 1 atom stereocenters. The quantitative estimate of drug-likeness (QED) is 0.835. The second-order valence-corrected chi connectivity index (χ2v) is 5.86. The van der Waals surface area contributed by atoms with Gasteiger partial charge >= 0.3 is 0 Å². The van der Waals surface area contributed by atoms with E-state index in [-0.39, 0.29) is 5.91 Å². The molecule has 0 aromatic heterocycles. The lowest BCUT2D eigenvalue weighted by molar-refractivity contribution is 0.0950. The number of rotatable bonds is 4. The van der Waals surface area contributed by atoms with Crippen LogP contribution in [0.2, 0.25) is 0 Å². The summed E-state index contributed by atoms with van der Waals surface area (Å²) in [7, 11) is 0. The highest BCUT2D eigenvalue weighted by atomic mass is 79.9. The SMILES string of the molecule is Cc1c(N)cc(Br)cc1C(=O)NCCC1CCOC1. The van der Waals surface area contributed by atoms with Gasteiger partial charge in [-0.25, -0.2) is 0 Å². The summed E-state index contributed by atoms with van der Waals surface area (Å²) in [5, 5.41) is 2.95. The zero-order valence-electron chi connectivity index (χ0n) is 11.0. The molecule has 104 valence electrons. The summed E-state index contributed by atoms with van der Waals surface area (Å²) < 4.78 is 6.14. The third kappa shape index (κ3) is 3.70. The summed E-state index contributed by atoms with van der Waals surface area (Å²) in [4.78, 5) is 12.1. The first-order valence-electron chi connectivity index (χ1n) is 6.49. The number of carbonyl (C=O) groups is 1. The molecule has 19 heavy (non-hydrogen) atoms. The molecule has 0 bridgehead atoms. The summed E-state index contributed by atoms with van der Waals surface area (Å²) in [6, 6.07) is 3.61. The maximum absolute atomic E-state index is 12.1. The zero-order chi connectivity index (χ0) is 13.8. The number of hydrogen-bond acceptors (Lipinski definition) is 3. The lowest BCUT2D eigenvalue weighted by Gasteiger charge is -2.12. The third-order valence-electron chi connectivity index (χ3n) is 3.52. The molecular formula is C14H19BrN2O2. The van der Waals surface area contributed by atoms with E-state index in [1.54, 1.807) is 6.07 Å². The van der Waals surface area contributed by atoms with Gasteiger partial charge in [0.25, 0.3) is 5.91 Å². The van der Waals surface area contributed by atoms with Crippen LogP contribution >= 0.6 is 15.9 Å². The number of benzene rings is 1. The average Bonchev–Trinajstić information content (AvgIpc) is 2.86. The Morgan fingerprint density at radius 3 is 3.05 bits per heavy atom. The van der Waals surface area contributed by atoms with E-state index in [4.69, 9.17) is 10.5 Å². The fourth-order valence-electron chi connectivity index (χ4n) is 2.23. The van der Waals surface area contributed by atoms with Crippen molar-refractivity contribution >= 4 is 27.5 Å². The van der Waals surface area contributed by atoms with E-state index < -0.39 is 0 Å². The largest absolute Gasteiger partial charge is 0.398 e. The van der Waals surface area contributed by atoms with Crippen LogP contribution in [-0.4, -0.2) is 25.7 Å². The van der Waals surface area contributed by atoms with Crippen molar-refractivity contribution in [2.75, 3.05) is 25.5 Å². The Labute approximate surface area is 121 Å². The molecule has 1 aromatic rings. The van der Waals surface area contributed by atoms with Gasteiger partial charge in [-0.2, -0.15) is 0 Å². The number of nitrogen functional groups attached to an aromatic ring is 1. The Kier molecular flexibility index (Phi) is 4.82. The molecule has 0 radical (unpaired) electrons. The van der Waals surface area contributed by atoms with Crippen molar-refractivity contribution < 1.29 is 9.53 Å². The minimum Gasteiger partial charge on any atom is -0.398 e. The van der Waals surface area contributed by atoms with Crippen molar-refractivity contribution in [2.45, 2.75) is 19.8 Å². The van der Waals surface area contributed by atoms with E-state index >= 15 is 0 Å². The fourth-order valence-corrected chi connectivity index (χ4v) is 2.71. The number of anilines is 1.